The fraction of sp³-hybridized carbons (Fsp3) is 0.182. The fourth-order valence-corrected chi connectivity index (χ4v) is 1.02. The Labute approximate surface area is 99.5 Å². The van der Waals surface area contributed by atoms with Gasteiger partial charge in [-0.1, -0.05) is 24.3 Å². The Kier molecular flexibility index (Phi) is 9.18. The van der Waals surface area contributed by atoms with Crippen LogP contribution in [0.15, 0.2) is 42.6 Å². The summed E-state index contributed by atoms with van der Waals surface area (Å²) in [5.41, 5.74) is 1.06. The Bertz CT molecular complexity index is 303. The molecular weight excluding hydrogens is 233 g/mol. The molecule has 0 saturated heterocycles. The van der Waals surface area contributed by atoms with Gasteiger partial charge in [-0.15, -0.1) is 23.2 Å². The van der Waals surface area contributed by atoms with E-state index in [-0.39, 0.29) is 5.34 Å². The Morgan fingerprint density at radius 3 is 2.20 bits per heavy atom. The molecule has 82 valence electrons. The van der Waals surface area contributed by atoms with Gasteiger partial charge in [0.05, 0.1) is 10.9 Å². The Hall–Kier alpha value is -0.830. The van der Waals surface area contributed by atoms with E-state index in [1.54, 1.807) is 0 Å². The maximum absolute atomic E-state index is 7.00. The first-order valence-electron chi connectivity index (χ1n) is 4.25. The molecule has 0 aliphatic carbocycles. The lowest BCUT2D eigenvalue weighted by atomic mass is 10.2. The van der Waals surface area contributed by atoms with E-state index in [4.69, 9.17) is 28.3 Å². The largest absolute Gasteiger partial charge is 0.400 e. The third-order valence-corrected chi connectivity index (χ3v) is 1.51. The van der Waals surface area contributed by atoms with Gasteiger partial charge in [0.15, 0.2) is 0 Å². The summed E-state index contributed by atoms with van der Waals surface area (Å²) < 4.78 is 0. The van der Waals surface area contributed by atoms with Gasteiger partial charge in [0, 0.05) is 18.7 Å². The quantitative estimate of drug-likeness (QED) is 0.723. The average Bonchev–Trinajstić information content (AvgIpc) is 2.33. The summed E-state index contributed by atoms with van der Waals surface area (Å²) in [6.07, 6.45) is 1.81. The summed E-state index contributed by atoms with van der Waals surface area (Å²) >= 11 is 9.53. The van der Waals surface area contributed by atoms with Crippen molar-refractivity contribution < 1.29 is 5.11 Å². The zero-order valence-corrected chi connectivity index (χ0v) is 9.91. The van der Waals surface area contributed by atoms with E-state index in [1.807, 2.05) is 30.5 Å². The van der Waals surface area contributed by atoms with Crippen LogP contribution in [0.4, 0.5) is 0 Å². The number of aliphatic hydroxyl groups is 1. The lowest BCUT2D eigenvalue weighted by molar-refractivity contribution is 0.399. The van der Waals surface area contributed by atoms with Crippen LogP contribution in [0.2, 0.25) is 0 Å². The van der Waals surface area contributed by atoms with E-state index in [2.05, 4.69) is 17.1 Å². The van der Waals surface area contributed by atoms with E-state index in [0.717, 1.165) is 12.6 Å². The number of benzene rings is 1. The maximum Gasteiger partial charge on any atom is 0.0967 e. The van der Waals surface area contributed by atoms with Crippen LogP contribution in [0.1, 0.15) is 0 Å². The summed E-state index contributed by atoms with van der Waals surface area (Å²) in [7, 11) is 1.00. The van der Waals surface area contributed by atoms with Gasteiger partial charge < -0.3 is 5.11 Å². The molecule has 1 heterocycles. The minimum absolute atomic E-state index is 0.194. The van der Waals surface area contributed by atoms with E-state index in [9.17, 15) is 0 Å². The maximum atomic E-state index is 7.00. The zero-order chi connectivity index (χ0) is 11.5. The van der Waals surface area contributed by atoms with Crippen molar-refractivity contribution in [2.45, 2.75) is 0 Å². The van der Waals surface area contributed by atoms with Gasteiger partial charge in [-0.2, -0.15) is 0 Å². The molecule has 4 heteroatoms. The van der Waals surface area contributed by atoms with Crippen LogP contribution in [0.25, 0.3) is 10.9 Å². The van der Waals surface area contributed by atoms with Crippen molar-refractivity contribution in [3.05, 3.63) is 42.6 Å². The van der Waals surface area contributed by atoms with Crippen molar-refractivity contribution in [1.82, 2.24) is 4.98 Å². The molecule has 2 nitrogen and oxygen atoms in total. The van der Waals surface area contributed by atoms with Crippen molar-refractivity contribution >= 4 is 34.1 Å². The Morgan fingerprint density at radius 1 is 1.07 bits per heavy atom. The van der Waals surface area contributed by atoms with E-state index < -0.39 is 0 Å². The molecule has 1 aromatic heterocycles. The summed E-state index contributed by atoms with van der Waals surface area (Å²) in [5, 5.41) is 8.39. The Balaban J connectivity index is 0.000000342. The molecule has 0 unspecified atom stereocenters. The molecule has 0 spiro atoms. The second kappa shape index (κ2) is 9.71. The average molecular weight is 246 g/mol. The van der Waals surface area contributed by atoms with Gasteiger partial charge >= 0.3 is 0 Å². The number of para-hydroxylation sites is 1. The van der Waals surface area contributed by atoms with Gasteiger partial charge in [0.1, 0.15) is 0 Å². The number of hydrogen-bond acceptors (Lipinski definition) is 2. The number of aromatic nitrogens is 1. The standard InChI is InChI=1S/C9H7N.CH2Cl2.CH4O/c1-2-6-9-8(4-1)5-3-7-10-9;2-1-3;1-2/h1-7H;1H2;2H,1H3. The van der Waals surface area contributed by atoms with Crippen molar-refractivity contribution in [3.63, 3.8) is 0 Å². The minimum Gasteiger partial charge on any atom is -0.400 e. The second-order valence-corrected chi connectivity index (χ2v) is 3.11. The van der Waals surface area contributed by atoms with Crippen LogP contribution in [0.3, 0.4) is 0 Å². The van der Waals surface area contributed by atoms with Gasteiger partial charge in [0.2, 0.25) is 0 Å². The van der Waals surface area contributed by atoms with E-state index >= 15 is 0 Å². The third kappa shape index (κ3) is 5.57. The highest BCUT2D eigenvalue weighted by molar-refractivity contribution is 6.40. The topological polar surface area (TPSA) is 33.1 Å². The summed E-state index contributed by atoms with van der Waals surface area (Å²) in [5.74, 6) is 0. The van der Waals surface area contributed by atoms with Crippen LogP contribution in [-0.4, -0.2) is 22.5 Å². The third-order valence-electron chi connectivity index (χ3n) is 1.51. The van der Waals surface area contributed by atoms with Crippen LogP contribution in [-0.2, 0) is 0 Å². The fourth-order valence-electron chi connectivity index (χ4n) is 1.02. The molecule has 0 radical (unpaired) electrons. The van der Waals surface area contributed by atoms with E-state index in [1.165, 1.54) is 5.39 Å². The Morgan fingerprint density at radius 2 is 1.60 bits per heavy atom. The molecule has 0 aliphatic rings. The summed E-state index contributed by atoms with van der Waals surface area (Å²) in [6, 6.07) is 12.1. The van der Waals surface area contributed by atoms with Crippen molar-refractivity contribution in [3.8, 4) is 0 Å². The molecule has 15 heavy (non-hydrogen) atoms. The molecular formula is C11H13Cl2NO. The minimum atomic E-state index is 0.194. The second-order valence-electron chi connectivity index (χ2n) is 2.30. The first-order chi connectivity index (χ1) is 7.38. The van der Waals surface area contributed by atoms with E-state index in [0.29, 0.717) is 0 Å². The predicted molar refractivity (Wildman–Crippen MR) is 66.5 cm³/mol. The van der Waals surface area contributed by atoms with Gasteiger partial charge in [-0.3, -0.25) is 4.98 Å². The molecule has 0 atom stereocenters. The molecule has 2 aromatic rings. The SMILES string of the molecule is CO.ClCCl.c1ccc2ncccc2c1. The monoisotopic (exact) mass is 245 g/mol. The summed E-state index contributed by atoms with van der Waals surface area (Å²) in [6.45, 7) is 0. The molecule has 0 bridgehead atoms. The molecule has 0 aliphatic heterocycles. The van der Waals surface area contributed by atoms with Gasteiger partial charge in [0.25, 0.3) is 0 Å². The number of fused-ring (bicyclic) bond motifs is 1. The number of nitrogens with zero attached hydrogens (tertiary/aromatic N) is 1. The predicted octanol–water partition coefficient (Wildman–Crippen LogP) is 3.26. The van der Waals surface area contributed by atoms with Crippen LogP contribution in [0.5, 0.6) is 0 Å². The first-order valence-corrected chi connectivity index (χ1v) is 5.32. The first kappa shape index (κ1) is 14.2. The van der Waals surface area contributed by atoms with Gasteiger partial charge in [-0.05, 0) is 12.1 Å². The number of alkyl halides is 2. The molecule has 1 aromatic carbocycles. The van der Waals surface area contributed by atoms with Crippen molar-refractivity contribution in [2.24, 2.45) is 0 Å². The number of hydrogen-bond donors (Lipinski definition) is 1. The number of aliphatic hydroxyl groups excluding tert-OH is 1. The van der Waals surface area contributed by atoms with Crippen LogP contribution < -0.4 is 0 Å². The lowest BCUT2D eigenvalue weighted by Gasteiger charge is -1.91. The highest BCUT2D eigenvalue weighted by atomic mass is 35.5. The van der Waals surface area contributed by atoms with Crippen LogP contribution >= 0.6 is 23.2 Å². The number of rotatable bonds is 0. The normalized spacial score (nSPS) is 8.27. The lowest BCUT2D eigenvalue weighted by Crippen LogP contribution is -1.73. The van der Waals surface area contributed by atoms with Crippen molar-refractivity contribution in [1.29, 1.82) is 0 Å². The summed E-state index contributed by atoms with van der Waals surface area (Å²) in [4.78, 5) is 4.18. The molecule has 0 fully saturated rings. The molecule has 2 rings (SSSR count). The highest BCUT2D eigenvalue weighted by Crippen LogP contribution is 2.07. The molecule has 0 amide bonds. The zero-order valence-electron chi connectivity index (χ0n) is 8.40. The molecule has 1 N–H and O–H groups in total. The van der Waals surface area contributed by atoms with Crippen molar-refractivity contribution in [2.75, 3.05) is 12.4 Å². The van der Waals surface area contributed by atoms with Gasteiger partial charge in [-0.25, -0.2) is 0 Å². The number of pyridine rings is 1. The smallest absolute Gasteiger partial charge is 0.0967 e. The number of halogens is 2. The highest BCUT2D eigenvalue weighted by Gasteiger charge is 1.86. The molecule has 0 saturated carbocycles. The van der Waals surface area contributed by atoms with Crippen LogP contribution in [0, 0.1) is 0 Å².